The molecule has 0 unspecified atom stereocenters. The van der Waals surface area contributed by atoms with Gasteiger partial charge < -0.3 is 9.72 Å². The standard InChI is InChI=1S/C21H13ClN4O3S/c1-29-18-6-13(14(22)9-24-18)17-7-15-19(30-17)20(27)26(21(28)25-15)16-10-23-8-11-4-2-3-5-12(11)16/h2-10H,1H3,(H,25,28). The summed E-state index contributed by atoms with van der Waals surface area (Å²) >= 11 is 7.55. The van der Waals surface area contributed by atoms with Crippen molar-refractivity contribution in [1.29, 1.82) is 0 Å². The molecule has 4 aromatic heterocycles. The molecule has 5 rings (SSSR count). The first kappa shape index (κ1) is 18.5. The number of methoxy groups -OCH3 is 1. The van der Waals surface area contributed by atoms with Gasteiger partial charge in [-0.2, -0.15) is 0 Å². The van der Waals surface area contributed by atoms with E-state index in [4.69, 9.17) is 16.3 Å². The van der Waals surface area contributed by atoms with Gasteiger partial charge >= 0.3 is 5.69 Å². The van der Waals surface area contributed by atoms with Gasteiger partial charge in [0.2, 0.25) is 5.88 Å². The molecular weight excluding hydrogens is 424 g/mol. The molecule has 4 heterocycles. The number of nitrogens with zero attached hydrogens (tertiary/aromatic N) is 3. The third-order valence-corrected chi connectivity index (χ3v) is 6.22. The van der Waals surface area contributed by atoms with Crippen molar-refractivity contribution < 1.29 is 4.74 Å². The topological polar surface area (TPSA) is 89.9 Å². The largest absolute Gasteiger partial charge is 0.481 e. The molecule has 0 amide bonds. The predicted molar refractivity (Wildman–Crippen MR) is 118 cm³/mol. The predicted octanol–water partition coefficient (Wildman–Crippen LogP) is 4.01. The molecule has 0 aliphatic carbocycles. The SMILES string of the molecule is COc1cc(-c2cc3[nH]c(=O)n(-c4cncc5ccccc45)c(=O)c3s2)c(Cl)cn1. The first-order chi connectivity index (χ1) is 14.6. The van der Waals surface area contributed by atoms with Crippen molar-refractivity contribution in [1.82, 2.24) is 19.5 Å². The average Bonchev–Trinajstić information content (AvgIpc) is 3.18. The van der Waals surface area contributed by atoms with Crippen LogP contribution in [0.4, 0.5) is 0 Å². The number of ether oxygens (including phenoxy) is 1. The summed E-state index contributed by atoms with van der Waals surface area (Å²) in [6.45, 7) is 0. The molecule has 148 valence electrons. The summed E-state index contributed by atoms with van der Waals surface area (Å²) in [5.41, 5.74) is 0.596. The van der Waals surface area contributed by atoms with Crippen molar-refractivity contribution in [2.75, 3.05) is 7.11 Å². The average molecular weight is 437 g/mol. The van der Waals surface area contributed by atoms with Crippen LogP contribution in [0, 0.1) is 0 Å². The third kappa shape index (κ3) is 2.89. The van der Waals surface area contributed by atoms with E-state index < -0.39 is 11.2 Å². The fourth-order valence-corrected chi connectivity index (χ4v) is 4.69. The molecule has 0 radical (unpaired) electrons. The van der Waals surface area contributed by atoms with E-state index in [2.05, 4.69) is 15.0 Å². The molecule has 0 aliphatic rings. The van der Waals surface area contributed by atoms with Crippen LogP contribution in [0.15, 0.2) is 64.6 Å². The number of pyridine rings is 2. The molecule has 7 nitrogen and oxygen atoms in total. The van der Waals surface area contributed by atoms with E-state index in [0.717, 1.165) is 20.2 Å². The second-order valence-electron chi connectivity index (χ2n) is 6.51. The molecule has 0 fully saturated rings. The number of thiophene rings is 1. The minimum atomic E-state index is -0.534. The van der Waals surface area contributed by atoms with Crippen molar-refractivity contribution in [3.8, 4) is 22.0 Å². The number of rotatable bonds is 3. The van der Waals surface area contributed by atoms with Crippen molar-refractivity contribution >= 4 is 43.9 Å². The molecule has 0 atom stereocenters. The molecule has 0 bridgehead atoms. The smallest absolute Gasteiger partial charge is 0.333 e. The Bertz CT molecular complexity index is 1550. The number of hydrogen-bond acceptors (Lipinski definition) is 6. The van der Waals surface area contributed by atoms with E-state index in [9.17, 15) is 9.59 Å². The van der Waals surface area contributed by atoms with Gasteiger partial charge in [0.1, 0.15) is 4.70 Å². The Balaban J connectivity index is 1.78. The van der Waals surface area contributed by atoms with Crippen LogP contribution in [0.2, 0.25) is 5.02 Å². The van der Waals surface area contributed by atoms with E-state index in [-0.39, 0.29) is 0 Å². The number of fused-ring (bicyclic) bond motifs is 2. The van der Waals surface area contributed by atoms with Crippen LogP contribution in [0.5, 0.6) is 5.88 Å². The molecular formula is C21H13ClN4O3S. The van der Waals surface area contributed by atoms with Crippen molar-refractivity contribution in [2.45, 2.75) is 0 Å². The lowest BCUT2D eigenvalue weighted by atomic mass is 10.1. The summed E-state index contributed by atoms with van der Waals surface area (Å²) in [5.74, 6) is 0.402. The molecule has 0 aliphatic heterocycles. The number of aromatic amines is 1. The lowest BCUT2D eigenvalue weighted by molar-refractivity contribution is 0.398. The molecule has 0 spiro atoms. The third-order valence-electron chi connectivity index (χ3n) is 4.77. The monoisotopic (exact) mass is 436 g/mol. The van der Waals surface area contributed by atoms with Gasteiger partial charge in [0.25, 0.3) is 5.56 Å². The summed E-state index contributed by atoms with van der Waals surface area (Å²) in [6, 6.07) is 10.9. The molecule has 1 N–H and O–H groups in total. The quantitative estimate of drug-likeness (QED) is 0.461. The second kappa shape index (κ2) is 7.08. The summed E-state index contributed by atoms with van der Waals surface area (Å²) < 4.78 is 6.69. The number of aromatic nitrogens is 4. The minimum Gasteiger partial charge on any atom is -0.481 e. The maximum atomic E-state index is 13.3. The van der Waals surface area contributed by atoms with Gasteiger partial charge in [0.05, 0.1) is 35.7 Å². The zero-order valence-corrected chi connectivity index (χ0v) is 17.1. The summed E-state index contributed by atoms with van der Waals surface area (Å²) in [6.07, 6.45) is 4.70. The zero-order valence-electron chi connectivity index (χ0n) is 15.5. The normalized spacial score (nSPS) is 11.3. The van der Waals surface area contributed by atoms with Crippen LogP contribution in [0.1, 0.15) is 0 Å². The lowest BCUT2D eigenvalue weighted by Gasteiger charge is -2.07. The Kier molecular flexibility index (Phi) is 4.38. The van der Waals surface area contributed by atoms with Gasteiger partial charge in [0, 0.05) is 33.5 Å². The highest BCUT2D eigenvalue weighted by Gasteiger charge is 2.17. The van der Waals surface area contributed by atoms with E-state index in [1.54, 1.807) is 18.3 Å². The highest BCUT2D eigenvalue weighted by Crippen LogP contribution is 2.36. The van der Waals surface area contributed by atoms with Crippen LogP contribution in [0.25, 0.3) is 37.1 Å². The summed E-state index contributed by atoms with van der Waals surface area (Å²) in [7, 11) is 1.51. The Morgan fingerprint density at radius 1 is 1.13 bits per heavy atom. The highest BCUT2D eigenvalue weighted by atomic mass is 35.5. The number of H-pyrrole nitrogens is 1. The van der Waals surface area contributed by atoms with Crippen molar-refractivity contribution in [3.05, 3.63) is 80.8 Å². The molecule has 1 aromatic carbocycles. The molecule has 9 heteroatoms. The summed E-state index contributed by atoms with van der Waals surface area (Å²) in [5, 5.41) is 2.02. The molecule has 0 saturated heterocycles. The summed E-state index contributed by atoms with van der Waals surface area (Å²) in [4.78, 5) is 37.9. The maximum absolute atomic E-state index is 13.3. The first-order valence-corrected chi connectivity index (χ1v) is 10.1. The van der Waals surface area contributed by atoms with Gasteiger partial charge in [-0.25, -0.2) is 14.3 Å². The van der Waals surface area contributed by atoms with Gasteiger partial charge in [-0.15, -0.1) is 11.3 Å². The van der Waals surface area contributed by atoms with E-state index >= 15 is 0 Å². The van der Waals surface area contributed by atoms with Crippen LogP contribution in [-0.4, -0.2) is 26.6 Å². The number of benzene rings is 1. The molecule has 0 saturated carbocycles. The molecule has 30 heavy (non-hydrogen) atoms. The highest BCUT2D eigenvalue weighted by molar-refractivity contribution is 7.22. The van der Waals surface area contributed by atoms with E-state index in [1.807, 2.05) is 24.3 Å². The number of nitrogens with one attached hydrogen (secondary N) is 1. The fourth-order valence-electron chi connectivity index (χ4n) is 3.36. The van der Waals surface area contributed by atoms with Crippen LogP contribution in [0.3, 0.4) is 0 Å². The number of halogens is 1. The Labute approximate surface area is 178 Å². The van der Waals surface area contributed by atoms with Gasteiger partial charge in [-0.3, -0.25) is 9.78 Å². The van der Waals surface area contributed by atoms with Crippen LogP contribution < -0.4 is 16.0 Å². The van der Waals surface area contributed by atoms with Gasteiger partial charge in [-0.05, 0) is 6.07 Å². The van der Waals surface area contributed by atoms with E-state index in [1.165, 1.54) is 30.8 Å². The van der Waals surface area contributed by atoms with Crippen LogP contribution >= 0.6 is 22.9 Å². The lowest BCUT2D eigenvalue weighted by Crippen LogP contribution is -2.33. The number of hydrogen-bond donors (Lipinski definition) is 1. The van der Waals surface area contributed by atoms with Crippen molar-refractivity contribution in [3.63, 3.8) is 0 Å². The fraction of sp³-hybridized carbons (Fsp3) is 0.0476. The molecule has 5 aromatic rings. The minimum absolute atomic E-state index is 0.402. The Hall–Kier alpha value is -3.49. The van der Waals surface area contributed by atoms with E-state index in [0.29, 0.717) is 32.4 Å². The Morgan fingerprint density at radius 2 is 1.97 bits per heavy atom. The van der Waals surface area contributed by atoms with Crippen LogP contribution in [-0.2, 0) is 0 Å². The second-order valence-corrected chi connectivity index (χ2v) is 7.97. The van der Waals surface area contributed by atoms with Crippen molar-refractivity contribution in [2.24, 2.45) is 0 Å². The van der Waals surface area contributed by atoms with Gasteiger partial charge in [-0.1, -0.05) is 35.9 Å². The first-order valence-electron chi connectivity index (χ1n) is 8.88. The maximum Gasteiger partial charge on any atom is 0.333 e. The van der Waals surface area contributed by atoms with Gasteiger partial charge in [0.15, 0.2) is 0 Å². The Morgan fingerprint density at radius 3 is 2.80 bits per heavy atom. The zero-order chi connectivity index (χ0) is 20.8.